The summed E-state index contributed by atoms with van der Waals surface area (Å²) in [5, 5.41) is 0. The number of phosphoric ester groups is 1. The number of ketones is 1. The lowest BCUT2D eigenvalue weighted by Crippen LogP contribution is -2.01. The molecule has 5 nitrogen and oxygen atoms in total. The van der Waals surface area contributed by atoms with Crippen molar-refractivity contribution in [3.05, 3.63) is 41.5 Å². The van der Waals surface area contributed by atoms with E-state index in [-0.39, 0.29) is 25.6 Å². The summed E-state index contributed by atoms with van der Waals surface area (Å²) in [6.07, 6.45) is 3.91. The van der Waals surface area contributed by atoms with Gasteiger partial charge in [-0.15, -0.1) is 0 Å². The van der Waals surface area contributed by atoms with E-state index in [0.29, 0.717) is 12.0 Å². The summed E-state index contributed by atoms with van der Waals surface area (Å²) in [6, 6.07) is 7.33. The van der Waals surface area contributed by atoms with Crippen molar-refractivity contribution in [2.45, 2.75) is 27.2 Å². The molecule has 22 heavy (non-hydrogen) atoms. The van der Waals surface area contributed by atoms with Crippen LogP contribution in [-0.2, 0) is 18.1 Å². The van der Waals surface area contributed by atoms with Gasteiger partial charge in [-0.1, -0.05) is 43.3 Å². The van der Waals surface area contributed by atoms with Crippen LogP contribution in [0.1, 0.15) is 43.1 Å². The van der Waals surface area contributed by atoms with Crippen LogP contribution in [0.4, 0.5) is 0 Å². The van der Waals surface area contributed by atoms with E-state index in [1.165, 1.54) is 0 Å². The molecule has 1 aromatic rings. The van der Waals surface area contributed by atoms with E-state index in [1.54, 1.807) is 32.1 Å². The summed E-state index contributed by atoms with van der Waals surface area (Å²) in [5.41, 5.74) is 1.47. The third-order valence-electron chi connectivity index (χ3n) is 2.78. The number of carbonyl (C=O) groups excluding carboxylic acids is 1. The molecule has 0 saturated carbocycles. The largest absolute Gasteiger partial charge is 0.475 e. The highest BCUT2D eigenvalue weighted by molar-refractivity contribution is 7.48. The SMILES string of the molecule is CCOP(=O)(OCC)OC/C=C/c1ccccc1C(=O)CC. The number of Topliss-reactive ketones (excluding diaryl/α,β-unsaturated/α-hetero) is 1. The van der Waals surface area contributed by atoms with Crippen molar-refractivity contribution >= 4 is 19.7 Å². The molecule has 122 valence electrons. The Morgan fingerprint density at radius 1 is 1.09 bits per heavy atom. The van der Waals surface area contributed by atoms with Crippen molar-refractivity contribution in [1.82, 2.24) is 0 Å². The lowest BCUT2D eigenvalue weighted by Gasteiger charge is -2.15. The van der Waals surface area contributed by atoms with E-state index < -0.39 is 7.82 Å². The Morgan fingerprint density at radius 2 is 1.73 bits per heavy atom. The van der Waals surface area contributed by atoms with E-state index >= 15 is 0 Å². The van der Waals surface area contributed by atoms with Gasteiger partial charge in [0.1, 0.15) is 0 Å². The molecule has 1 aromatic carbocycles. The summed E-state index contributed by atoms with van der Waals surface area (Å²) in [4.78, 5) is 11.8. The highest BCUT2D eigenvalue weighted by Gasteiger charge is 2.24. The van der Waals surface area contributed by atoms with Gasteiger partial charge in [-0.2, -0.15) is 0 Å². The predicted octanol–water partition coefficient (Wildman–Crippen LogP) is 4.49. The van der Waals surface area contributed by atoms with Crippen LogP contribution in [0.3, 0.4) is 0 Å². The Labute approximate surface area is 131 Å². The van der Waals surface area contributed by atoms with E-state index in [1.807, 2.05) is 25.1 Å². The quantitative estimate of drug-likeness (QED) is 0.468. The van der Waals surface area contributed by atoms with Crippen molar-refractivity contribution in [2.24, 2.45) is 0 Å². The number of carbonyl (C=O) groups is 1. The average Bonchev–Trinajstić information content (AvgIpc) is 2.52. The van der Waals surface area contributed by atoms with Gasteiger partial charge in [-0.25, -0.2) is 4.57 Å². The van der Waals surface area contributed by atoms with Crippen LogP contribution in [0.2, 0.25) is 0 Å². The number of hydrogen-bond donors (Lipinski definition) is 0. The lowest BCUT2D eigenvalue weighted by atomic mass is 10.0. The van der Waals surface area contributed by atoms with E-state index in [4.69, 9.17) is 13.6 Å². The minimum absolute atomic E-state index is 0.0753. The Morgan fingerprint density at radius 3 is 2.32 bits per heavy atom. The fraction of sp³-hybridized carbons (Fsp3) is 0.438. The molecular formula is C16H23O5P. The molecule has 0 saturated heterocycles. The van der Waals surface area contributed by atoms with Gasteiger partial charge in [0.25, 0.3) is 0 Å². The maximum Gasteiger partial charge on any atom is 0.475 e. The van der Waals surface area contributed by atoms with Gasteiger partial charge in [0.15, 0.2) is 5.78 Å². The van der Waals surface area contributed by atoms with Gasteiger partial charge in [0.05, 0.1) is 19.8 Å². The molecule has 0 amide bonds. The van der Waals surface area contributed by atoms with E-state index in [0.717, 1.165) is 5.56 Å². The van der Waals surface area contributed by atoms with Gasteiger partial charge in [-0.3, -0.25) is 18.4 Å². The monoisotopic (exact) mass is 326 g/mol. The van der Waals surface area contributed by atoms with Crippen molar-refractivity contribution in [3.8, 4) is 0 Å². The zero-order chi connectivity index (χ0) is 16.4. The zero-order valence-electron chi connectivity index (χ0n) is 13.3. The van der Waals surface area contributed by atoms with Crippen molar-refractivity contribution < 1.29 is 22.9 Å². The van der Waals surface area contributed by atoms with Crippen molar-refractivity contribution in [2.75, 3.05) is 19.8 Å². The molecule has 0 radical (unpaired) electrons. The summed E-state index contributed by atoms with van der Waals surface area (Å²) in [5.74, 6) is 0.0791. The number of phosphoric acid groups is 1. The molecule has 0 aliphatic carbocycles. The minimum Gasteiger partial charge on any atom is -0.294 e. The first-order valence-corrected chi connectivity index (χ1v) is 8.84. The first kappa shape index (κ1) is 18.8. The summed E-state index contributed by atoms with van der Waals surface area (Å²) in [7, 11) is -3.50. The van der Waals surface area contributed by atoms with Gasteiger partial charge >= 0.3 is 7.82 Å². The molecule has 0 heterocycles. The van der Waals surface area contributed by atoms with E-state index in [9.17, 15) is 9.36 Å². The maximum atomic E-state index is 12.1. The second-order valence-electron chi connectivity index (χ2n) is 4.34. The van der Waals surface area contributed by atoms with E-state index in [2.05, 4.69) is 0 Å². The first-order valence-electron chi connectivity index (χ1n) is 7.38. The fourth-order valence-electron chi connectivity index (χ4n) is 1.82. The van der Waals surface area contributed by atoms with Gasteiger partial charge in [0.2, 0.25) is 0 Å². The Hall–Kier alpha value is -1.26. The van der Waals surface area contributed by atoms with Crippen LogP contribution in [0, 0.1) is 0 Å². The molecule has 0 spiro atoms. The Bertz CT molecular complexity index is 543. The number of hydrogen-bond acceptors (Lipinski definition) is 5. The second kappa shape index (κ2) is 9.70. The van der Waals surface area contributed by atoms with Gasteiger partial charge in [-0.05, 0) is 19.4 Å². The smallest absolute Gasteiger partial charge is 0.294 e. The van der Waals surface area contributed by atoms with Crippen LogP contribution < -0.4 is 0 Å². The van der Waals surface area contributed by atoms with Crippen molar-refractivity contribution in [1.29, 1.82) is 0 Å². The highest BCUT2D eigenvalue weighted by atomic mass is 31.2. The molecule has 0 unspecified atom stereocenters. The topological polar surface area (TPSA) is 61.8 Å². The van der Waals surface area contributed by atoms with Crippen LogP contribution >= 0.6 is 7.82 Å². The zero-order valence-corrected chi connectivity index (χ0v) is 14.2. The third-order valence-corrected chi connectivity index (χ3v) is 4.40. The van der Waals surface area contributed by atoms with Crippen molar-refractivity contribution in [3.63, 3.8) is 0 Å². The predicted molar refractivity (Wildman–Crippen MR) is 86.9 cm³/mol. The Kier molecular flexibility index (Phi) is 8.28. The normalized spacial score (nSPS) is 12.0. The summed E-state index contributed by atoms with van der Waals surface area (Å²) >= 11 is 0. The molecule has 6 heteroatoms. The standard InChI is InChI=1S/C16H23O5P/c1-4-16(17)15-12-8-7-10-14(15)11-9-13-21-22(18,19-5-2)20-6-3/h7-12H,4-6,13H2,1-3H3/b11-9+. The molecule has 0 N–H and O–H groups in total. The van der Waals surface area contributed by atoms with Crippen LogP contribution in [-0.4, -0.2) is 25.6 Å². The summed E-state index contributed by atoms with van der Waals surface area (Å²) < 4.78 is 27.3. The van der Waals surface area contributed by atoms with Crippen LogP contribution in [0.25, 0.3) is 6.08 Å². The van der Waals surface area contributed by atoms with Crippen LogP contribution in [0.5, 0.6) is 0 Å². The number of rotatable bonds is 10. The second-order valence-corrected chi connectivity index (χ2v) is 6.01. The minimum atomic E-state index is -3.50. The average molecular weight is 326 g/mol. The number of benzene rings is 1. The highest BCUT2D eigenvalue weighted by Crippen LogP contribution is 2.49. The molecule has 0 fully saturated rings. The molecule has 0 atom stereocenters. The van der Waals surface area contributed by atoms with Gasteiger partial charge < -0.3 is 0 Å². The fourth-order valence-corrected chi connectivity index (χ4v) is 2.95. The maximum absolute atomic E-state index is 12.1. The third kappa shape index (κ3) is 5.85. The molecular weight excluding hydrogens is 303 g/mol. The Balaban J connectivity index is 2.70. The first-order chi connectivity index (χ1) is 10.6. The summed E-state index contributed by atoms with van der Waals surface area (Å²) in [6.45, 7) is 5.83. The molecule has 0 aliphatic heterocycles. The lowest BCUT2D eigenvalue weighted by molar-refractivity contribution is 0.0987. The van der Waals surface area contributed by atoms with Crippen LogP contribution in [0.15, 0.2) is 30.3 Å². The molecule has 1 rings (SSSR count). The van der Waals surface area contributed by atoms with Gasteiger partial charge in [0, 0.05) is 12.0 Å². The molecule has 0 bridgehead atoms. The molecule has 0 aliphatic rings. The molecule has 0 aromatic heterocycles.